The van der Waals surface area contributed by atoms with Crippen molar-refractivity contribution in [1.82, 2.24) is 14.9 Å². The highest BCUT2D eigenvalue weighted by molar-refractivity contribution is 6.35. The summed E-state index contributed by atoms with van der Waals surface area (Å²) in [5.74, 6) is -0.344. The SMILES string of the molecule is CN1CCC(Nc2cnc3ccc(C4=CCN=C4c4cc(Cl)ccc4F)nc3c2)CC1. The Morgan fingerprint density at radius 1 is 1.10 bits per heavy atom. The van der Waals surface area contributed by atoms with Gasteiger partial charge < -0.3 is 10.2 Å². The smallest absolute Gasteiger partial charge is 0.132 e. The molecule has 0 atom stereocenters. The van der Waals surface area contributed by atoms with Crippen LogP contribution in [0.4, 0.5) is 10.1 Å². The minimum absolute atomic E-state index is 0.344. The van der Waals surface area contributed by atoms with E-state index in [2.05, 4.69) is 27.2 Å². The first kappa shape index (κ1) is 20.1. The highest BCUT2D eigenvalue weighted by atomic mass is 35.5. The molecule has 7 heteroatoms. The molecule has 0 radical (unpaired) electrons. The molecule has 0 bridgehead atoms. The third-order valence-electron chi connectivity index (χ3n) is 5.89. The lowest BCUT2D eigenvalue weighted by atomic mass is 9.99. The van der Waals surface area contributed by atoms with E-state index in [1.165, 1.54) is 12.1 Å². The summed E-state index contributed by atoms with van der Waals surface area (Å²) < 4.78 is 14.5. The van der Waals surface area contributed by atoms with Crippen LogP contribution in [0.3, 0.4) is 0 Å². The summed E-state index contributed by atoms with van der Waals surface area (Å²) in [5, 5.41) is 4.08. The van der Waals surface area contributed by atoms with Crippen LogP contribution in [0.1, 0.15) is 24.1 Å². The molecule has 1 N–H and O–H groups in total. The van der Waals surface area contributed by atoms with Gasteiger partial charge in [-0.05, 0) is 69.4 Å². The summed E-state index contributed by atoms with van der Waals surface area (Å²) in [5.41, 5.74) is 5.15. The van der Waals surface area contributed by atoms with Crippen LogP contribution in [-0.4, -0.2) is 53.3 Å². The zero-order valence-electron chi connectivity index (χ0n) is 17.3. The van der Waals surface area contributed by atoms with E-state index in [0.29, 0.717) is 28.9 Å². The van der Waals surface area contributed by atoms with Gasteiger partial charge in [-0.2, -0.15) is 0 Å². The van der Waals surface area contributed by atoms with Crippen molar-refractivity contribution < 1.29 is 4.39 Å². The monoisotopic (exact) mass is 435 g/mol. The number of rotatable bonds is 4. The van der Waals surface area contributed by atoms with Gasteiger partial charge >= 0.3 is 0 Å². The summed E-state index contributed by atoms with van der Waals surface area (Å²) in [6, 6.07) is 10.9. The number of nitrogens with one attached hydrogen (secondary N) is 1. The van der Waals surface area contributed by atoms with Crippen LogP contribution in [0, 0.1) is 5.82 Å². The summed E-state index contributed by atoms with van der Waals surface area (Å²) >= 11 is 6.10. The largest absolute Gasteiger partial charge is 0.381 e. The Morgan fingerprint density at radius 2 is 1.94 bits per heavy atom. The lowest BCUT2D eigenvalue weighted by molar-refractivity contribution is 0.264. The molecule has 2 aliphatic rings. The average molecular weight is 436 g/mol. The first-order valence-electron chi connectivity index (χ1n) is 10.5. The topological polar surface area (TPSA) is 53.4 Å². The normalized spacial score (nSPS) is 17.6. The highest BCUT2D eigenvalue weighted by Crippen LogP contribution is 2.28. The third kappa shape index (κ3) is 4.18. The van der Waals surface area contributed by atoms with Gasteiger partial charge in [0.1, 0.15) is 5.82 Å². The number of nitrogens with zero attached hydrogens (tertiary/aromatic N) is 4. The van der Waals surface area contributed by atoms with Crippen molar-refractivity contribution in [3.63, 3.8) is 0 Å². The van der Waals surface area contributed by atoms with E-state index in [1.54, 1.807) is 6.07 Å². The fourth-order valence-corrected chi connectivity index (χ4v) is 4.34. The number of hydrogen-bond donors (Lipinski definition) is 1. The molecular weight excluding hydrogens is 413 g/mol. The van der Waals surface area contributed by atoms with Gasteiger partial charge in [0.15, 0.2) is 0 Å². The van der Waals surface area contributed by atoms with Crippen LogP contribution >= 0.6 is 11.6 Å². The summed E-state index contributed by atoms with van der Waals surface area (Å²) in [4.78, 5) is 16.3. The number of hydrogen-bond acceptors (Lipinski definition) is 5. The van der Waals surface area contributed by atoms with Gasteiger partial charge in [0.2, 0.25) is 0 Å². The number of allylic oxidation sites excluding steroid dienone is 1. The molecule has 2 aromatic heterocycles. The van der Waals surface area contributed by atoms with Gasteiger partial charge in [-0.15, -0.1) is 0 Å². The molecule has 5 nitrogen and oxygen atoms in total. The molecule has 0 amide bonds. The lowest BCUT2D eigenvalue weighted by Crippen LogP contribution is -2.36. The minimum atomic E-state index is -0.344. The summed E-state index contributed by atoms with van der Waals surface area (Å²) in [6.07, 6.45) is 6.06. The average Bonchev–Trinajstić information content (AvgIpc) is 3.26. The number of pyridine rings is 2. The molecule has 0 spiro atoms. The first-order chi connectivity index (χ1) is 15.1. The fraction of sp³-hybridized carbons (Fsp3) is 0.292. The molecule has 0 saturated carbocycles. The van der Waals surface area contributed by atoms with Gasteiger partial charge in [0, 0.05) is 22.2 Å². The quantitative estimate of drug-likeness (QED) is 0.638. The second kappa shape index (κ2) is 8.36. The Bertz CT molecular complexity index is 1200. The Labute approximate surface area is 185 Å². The Morgan fingerprint density at radius 3 is 2.77 bits per heavy atom. The van der Waals surface area contributed by atoms with Crippen LogP contribution in [-0.2, 0) is 0 Å². The molecule has 31 heavy (non-hydrogen) atoms. The number of benzene rings is 1. The number of aliphatic imine (C=N–C) groups is 1. The number of fused-ring (bicyclic) bond motifs is 1. The van der Waals surface area contributed by atoms with E-state index in [1.807, 2.05) is 30.5 Å². The molecule has 3 aromatic rings. The predicted octanol–water partition coefficient (Wildman–Crippen LogP) is 4.81. The second-order valence-corrected chi connectivity index (χ2v) is 8.55. The van der Waals surface area contributed by atoms with E-state index >= 15 is 0 Å². The van der Waals surface area contributed by atoms with Crippen molar-refractivity contribution in [3.8, 4) is 0 Å². The summed E-state index contributed by atoms with van der Waals surface area (Å²) in [6.45, 7) is 2.68. The van der Waals surface area contributed by atoms with E-state index in [-0.39, 0.29) is 5.82 Å². The van der Waals surface area contributed by atoms with Gasteiger partial charge in [-0.1, -0.05) is 17.7 Å². The lowest BCUT2D eigenvalue weighted by Gasteiger charge is -2.30. The van der Waals surface area contributed by atoms with E-state index in [4.69, 9.17) is 16.6 Å². The molecule has 0 aliphatic carbocycles. The van der Waals surface area contributed by atoms with Gasteiger partial charge in [-0.3, -0.25) is 9.98 Å². The molecule has 1 aromatic carbocycles. The van der Waals surface area contributed by atoms with Crippen LogP contribution in [0.2, 0.25) is 5.02 Å². The van der Waals surface area contributed by atoms with Crippen molar-refractivity contribution in [2.24, 2.45) is 4.99 Å². The number of likely N-dealkylation sites (tertiary alicyclic amines) is 1. The van der Waals surface area contributed by atoms with Crippen molar-refractivity contribution >= 4 is 39.6 Å². The fourth-order valence-electron chi connectivity index (χ4n) is 4.17. The van der Waals surface area contributed by atoms with Gasteiger partial charge in [-0.25, -0.2) is 9.37 Å². The van der Waals surface area contributed by atoms with E-state index in [0.717, 1.165) is 53.9 Å². The van der Waals surface area contributed by atoms with Crippen molar-refractivity contribution in [3.05, 3.63) is 70.8 Å². The van der Waals surface area contributed by atoms with Crippen LogP contribution in [0.5, 0.6) is 0 Å². The molecule has 1 fully saturated rings. The number of anilines is 1. The van der Waals surface area contributed by atoms with Crippen molar-refractivity contribution in [2.45, 2.75) is 18.9 Å². The molecule has 4 heterocycles. The van der Waals surface area contributed by atoms with Crippen LogP contribution < -0.4 is 5.32 Å². The van der Waals surface area contributed by atoms with Gasteiger partial charge in [0.25, 0.3) is 0 Å². The van der Waals surface area contributed by atoms with E-state index in [9.17, 15) is 4.39 Å². The van der Waals surface area contributed by atoms with E-state index < -0.39 is 0 Å². The second-order valence-electron chi connectivity index (χ2n) is 8.11. The first-order valence-corrected chi connectivity index (χ1v) is 10.9. The number of aromatic nitrogens is 2. The number of piperidine rings is 1. The van der Waals surface area contributed by atoms with Crippen LogP contribution in [0.25, 0.3) is 16.6 Å². The molecule has 5 rings (SSSR count). The number of halogens is 2. The minimum Gasteiger partial charge on any atom is -0.381 e. The highest BCUT2D eigenvalue weighted by Gasteiger charge is 2.21. The Hall–Kier alpha value is -2.83. The Balaban J connectivity index is 1.44. The van der Waals surface area contributed by atoms with Crippen LogP contribution in [0.15, 0.2) is 53.7 Å². The molecule has 2 aliphatic heterocycles. The molecule has 1 saturated heterocycles. The molecular formula is C24H23ClFN5. The molecule has 0 unspecified atom stereocenters. The van der Waals surface area contributed by atoms with Crippen molar-refractivity contribution in [2.75, 3.05) is 32.0 Å². The van der Waals surface area contributed by atoms with Gasteiger partial charge in [0.05, 0.1) is 40.9 Å². The standard InChI is InChI=1S/C24H23ClFN5/c1-31-10-7-16(8-11-31)29-17-13-23-22(28-14-17)5-4-21(30-23)18-6-9-27-24(18)19-12-15(25)2-3-20(19)26/h2-6,12-14,16,29H,7-11H2,1H3. The molecule has 158 valence electrons. The zero-order valence-corrected chi connectivity index (χ0v) is 18.0. The Kier molecular flexibility index (Phi) is 5.42. The predicted molar refractivity (Wildman–Crippen MR) is 124 cm³/mol. The summed E-state index contributed by atoms with van der Waals surface area (Å²) in [7, 11) is 2.16. The third-order valence-corrected chi connectivity index (χ3v) is 6.12. The maximum absolute atomic E-state index is 14.5. The zero-order chi connectivity index (χ0) is 21.4. The maximum atomic E-state index is 14.5. The maximum Gasteiger partial charge on any atom is 0.132 e. The van der Waals surface area contributed by atoms with Crippen molar-refractivity contribution in [1.29, 1.82) is 0 Å².